The fourth-order valence-electron chi connectivity index (χ4n) is 1.88. The Bertz CT molecular complexity index is 790. The first kappa shape index (κ1) is 20.7. The summed E-state index contributed by atoms with van der Waals surface area (Å²) in [5.74, 6) is -2.06. The maximum absolute atomic E-state index is 12.9. The van der Waals surface area contributed by atoms with Crippen LogP contribution in [0, 0.1) is 20.8 Å². The summed E-state index contributed by atoms with van der Waals surface area (Å²) in [6.07, 6.45) is 1.15. The molecule has 0 fully saturated rings. The number of carbonyl (C=O) groups excluding carboxylic acids is 2. The summed E-state index contributed by atoms with van der Waals surface area (Å²) in [4.78, 5) is 22.9. The molecule has 0 aliphatic rings. The van der Waals surface area contributed by atoms with Crippen molar-refractivity contribution in [3.05, 3.63) is 41.0 Å². The SMILES string of the molecule is Cc1cc(C)c(OC(=O)/C=C\C(=O)OCC(F)(F)S(=O)(=O)O)c(C)c1. The molecule has 25 heavy (non-hydrogen) atoms. The summed E-state index contributed by atoms with van der Waals surface area (Å²) < 4.78 is 63.7. The van der Waals surface area contributed by atoms with Crippen molar-refractivity contribution < 1.29 is 40.8 Å². The van der Waals surface area contributed by atoms with Crippen LogP contribution < -0.4 is 4.74 Å². The topological polar surface area (TPSA) is 107 Å². The Morgan fingerprint density at radius 3 is 2.08 bits per heavy atom. The molecule has 1 N–H and O–H groups in total. The lowest BCUT2D eigenvalue weighted by molar-refractivity contribution is -0.144. The summed E-state index contributed by atoms with van der Waals surface area (Å²) in [5, 5.41) is -4.65. The molecule has 1 rings (SSSR count). The summed E-state index contributed by atoms with van der Waals surface area (Å²) in [5.41, 5.74) is 2.35. The van der Waals surface area contributed by atoms with Gasteiger partial charge in [0.2, 0.25) is 0 Å². The minimum Gasteiger partial charge on any atom is -0.455 e. The van der Waals surface area contributed by atoms with E-state index in [9.17, 15) is 26.8 Å². The Hall–Kier alpha value is -2.33. The lowest BCUT2D eigenvalue weighted by atomic mass is 10.1. The number of carbonyl (C=O) groups is 2. The molecule has 0 saturated heterocycles. The summed E-state index contributed by atoms with van der Waals surface area (Å²) in [6.45, 7) is 3.42. The van der Waals surface area contributed by atoms with Gasteiger partial charge in [-0.15, -0.1) is 0 Å². The largest absolute Gasteiger partial charge is 0.455 e. The number of benzene rings is 1. The zero-order valence-electron chi connectivity index (χ0n) is 13.6. The van der Waals surface area contributed by atoms with Crippen molar-refractivity contribution in [3.63, 3.8) is 0 Å². The van der Waals surface area contributed by atoms with E-state index in [1.165, 1.54) is 0 Å². The predicted molar refractivity (Wildman–Crippen MR) is 82.9 cm³/mol. The number of hydrogen-bond acceptors (Lipinski definition) is 6. The van der Waals surface area contributed by atoms with E-state index in [1.54, 1.807) is 26.0 Å². The first-order valence-electron chi connectivity index (χ1n) is 6.83. The van der Waals surface area contributed by atoms with E-state index in [0.29, 0.717) is 29.0 Å². The number of halogens is 2. The lowest BCUT2D eigenvalue weighted by Crippen LogP contribution is -2.34. The zero-order chi connectivity index (χ0) is 19.4. The second-order valence-electron chi connectivity index (χ2n) is 5.20. The highest BCUT2D eigenvalue weighted by atomic mass is 32.2. The van der Waals surface area contributed by atoms with Gasteiger partial charge in [-0.2, -0.15) is 17.2 Å². The molecule has 0 aromatic heterocycles. The zero-order valence-corrected chi connectivity index (χ0v) is 14.4. The van der Waals surface area contributed by atoms with Gasteiger partial charge in [0.15, 0.2) is 6.61 Å². The van der Waals surface area contributed by atoms with Crippen molar-refractivity contribution in [2.24, 2.45) is 0 Å². The fourth-order valence-corrected chi connectivity index (χ4v) is 2.08. The molecule has 138 valence electrons. The Morgan fingerprint density at radius 1 is 1.12 bits per heavy atom. The molecule has 0 aliphatic carbocycles. The highest BCUT2D eigenvalue weighted by molar-refractivity contribution is 7.86. The van der Waals surface area contributed by atoms with Gasteiger partial charge < -0.3 is 9.47 Å². The number of ether oxygens (including phenoxy) is 2. The molecule has 0 unspecified atom stereocenters. The molecule has 0 radical (unpaired) electrons. The second kappa shape index (κ2) is 7.70. The molecule has 0 aliphatic heterocycles. The normalized spacial score (nSPS) is 12.2. The van der Waals surface area contributed by atoms with Gasteiger partial charge in [-0.25, -0.2) is 9.59 Å². The van der Waals surface area contributed by atoms with Gasteiger partial charge in [-0.1, -0.05) is 17.7 Å². The molecule has 1 aromatic carbocycles. The maximum atomic E-state index is 12.9. The van der Waals surface area contributed by atoms with Gasteiger partial charge in [-0.3, -0.25) is 4.55 Å². The van der Waals surface area contributed by atoms with E-state index >= 15 is 0 Å². The smallest absolute Gasteiger partial charge is 0.402 e. The van der Waals surface area contributed by atoms with Gasteiger partial charge in [-0.05, 0) is 31.9 Å². The Kier molecular flexibility index (Phi) is 6.38. The molecule has 0 spiro atoms. The Labute approximate surface area is 143 Å². The number of rotatable bonds is 6. The quantitative estimate of drug-likeness (QED) is 0.350. The Morgan fingerprint density at radius 2 is 1.60 bits per heavy atom. The molecular weight excluding hydrogens is 362 g/mol. The van der Waals surface area contributed by atoms with Crippen LogP contribution in [0.15, 0.2) is 24.3 Å². The molecular formula is C15H16F2O7S. The van der Waals surface area contributed by atoms with E-state index in [2.05, 4.69) is 4.74 Å². The van der Waals surface area contributed by atoms with Crippen LogP contribution in [0.25, 0.3) is 0 Å². The van der Waals surface area contributed by atoms with Crippen molar-refractivity contribution in [2.45, 2.75) is 26.0 Å². The van der Waals surface area contributed by atoms with Crippen LogP contribution in [-0.2, 0) is 24.4 Å². The first-order valence-corrected chi connectivity index (χ1v) is 8.27. The van der Waals surface area contributed by atoms with Gasteiger partial charge in [0.05, 0.1) is 0 Å². The van der Waals surface area contributed by atoms with E-state index in [0.717, 1.165) is 5.56 Å². The third-order valence-corrected chi connectivity index (χ3v) is 3.80. The molecule has 0 bridgehead atoms. The summed E-state index contributed by atoms with van der Waals surface area (Å²) in [6, 6.07) is 3.57. The van der Waals surface area contributed by atoms with Crippen molar-refractivity contribution in [2.75, 3.05) is 6.61 Å². The minimum absolute atomic E-state index is 0.298. The van der Waals surface area contributed by atoms with Crippen LogP contribution in [0.4, 0.5) is 8.78 Å². The highest BCUT2D eigenvalue weighted by Gasteiger charge is 2.45. The number of esters is 2. The third kappa shape index (κ3) is 5.91. The van der Waals surface area contributed by atoms with E-state index < -0.39 is 33.9 Å². The van der Waals surface area contributed by atoms with E-state index in [1.807, 2.05) is 6.92 Å². The van der Waals surface area contributed by atoms with Crippen molar-refractivity contribution in [1.29, 1.82) is 0 Å². The van der Waals surface area contributed by atoms with Gasteiger partial charge >= 0.3 is 27.3 Å². The molecule has 7 nitrogen and oxygen atoms in total. The average molecular weight is 378 g/mol. The molecule has 10 heteroatoms. The molecule has 0 atom stereocenters. The Balaban J connectivity index is 2.67. The average Bonchev–Trinajstić information content (AvgIpc) is 2.45. The third-order valence-electron chi connectivity index (χ3n) is 2.92. The van der Waals surface area contributed by atoms with Crippen LogP contribution >= 0.6 is 0 Å². The van der Waals surface area contributed by atoms with Crippen LogP contribution in [0.5, 0.6) is 5.75 Å². The molecule has 0 heterocycles. The monoisotopic (exact) mass is 378 g/mol. The standard InChI is InChI=1S/C15H16F2O7S/c1-9-6-10(2)14(11(3)7-9)24-13(19)5-4-12(18)23-8-15(16,17)25(20,21)22/h4-7H,8H2,1-3H3,(H,20,21,22)/b5-4-. The van der Waals surface area contributed by atoms with Crippen LogP contribution in [0.2, 0.25) is 0 Å². The second-order valence-corrected chi connectivity index (χ2v) is 6.75. The summed E-state index contributed by atoms with van der Waals surface area (Å²) in [7, 11) is -5.71. The lowest BCUT2D eigenvalue weighted by Gasteiger charge is -2.12. The van der Waals surface area contributed by atoms with Crippen LogP contribution in [-0.4, -0.2) is 36.8 Å². The minimum atomic E-state index is -5.71. The van der Waals surface area contributed by atoms with Gasteiger partial charge in [0.1, 0.15) is 5.75 Å². The number of hydrogen-bond donors (Lipinski definition) is 1. The van der Waals surface area contributed by atoms with Crippen LogP contribution in [0.1, 0.15) is 16.7 Å². The number of aryl methyl sites for hydroxylation is 3. The highest BCUT2D eigenvalue weighted by Crippen LogP contribution is 2.24. The van der Waals surface area contributed by atoms with Gasteiger partial charge in [0, 0.05) is 12.2 Å². The molecule has 1 aromatic rings. The number of alkyl halides is 2. The van der Waals surface area contributed by atoms with Crippen molar-refractivity contribution in [1.82, 2.24) is 0 Å². The van der Waals surface area contributed by atoms with Crippen LogP contribution in [0.3, 0.4) is 0 Å². The van der Waals surface area contributed by atoms with Gasteiger partial charge in [0.25, 0.3) is 0 Å². The van der Waals surface area contributed by atoms with E-state index in [4.69, 9.17) is 9.29 Å². The fraction of sp³-hybridized carbons (Fsp3) is 0.333. The summed E-state index contributed by atoms with van der Waals surface area (Å²) >= 11 is 0. The predicted octanol–water partition coefficient (Wildman–Crippen LogP) is 2.10. The molecule has 0 amide bonds. The van der Waals surface area contributed by atoms with Crippen molar-refractivity contribution in [3.8, 4) is 5.75 Å². The maximum Gasteiger partial charge on any atom is 0.402 e. The van der Waals surface area contributed by atoms with Crippen molar-refractivity contribution >= 4 is 22.1 Å². The first-order chi connectivity index (χ1) is 11.3. The van der Waals surface area contributed by atoms with E-state index in [-0.39, 0.29) is 0 Å². The molecule has 0 saturated carbocycles.